The first-order chi connectivity index (χ1) is 21.1. The van der Waals surface area contributed by atoms with Gasteiger partial charge in [-0.1, -0.05) is 116 Å². The molecule has 5 heteroatoms. The van der Waals surface area contributed by atoms with Crippen molar-refractivity contribution in [3.63, 3.8) is 0 Å². The Morgan fingerprint density at radius 3 is 1.88 bits per heavy atom. The van der Waals surface area contributed by atoms with Crippen LogP contribution in [0.1, 0.15) is 55.7 Å². The summed E-state index contributed by atoms with van der Waals surface area (Å²) in [5.41, 5.74) is 1.78. The number of benzene rings is 3. The normalized spacial score (nSPS) is 14.4. The second kappa shape index (κ2) is 17.9. The Morgan fingerprint density at radius 1 is 0.907 bits per heavy atom. The van der Waals surface area contributed by atoms with E-state index in [-0.39, 0.29) is 5.97 Å². The van der Waals surface area contributed by atoms with Crippen molar-refractivity contribution in [1.29, 1.82) is 5.26 Å². The van der Waals surface area contributed by atoms with Crippen molar-refractivity contribution < 1.29 is 14.3 Å². The zero-order chi connectivity index (χ0) is 30.8. The molecule has 0 aliphatic carbocycles. The van der Waals surface area contributed by atoms with Crippen LogP contribution < -0.4 is 0 Å². The summed E-state index contributed by atoms with van der Waals surface area (Å²) >= 11 is 0. The number of rotatable bonds is 14. The molecule has 4 rings (SSSR count). The van der Waals surface area contributed by atoms with Crippen LogP contribution in [0.2, 0.25) is 0 Å². The number of hydrogen-bond donors (Lipinski definition) is 0. The Morgan fingerprint density at radius 2 is 1.42 bits per heavy atom. The second-order valence-corrected chi connectivity index (χ2v) is 10.9. The van der Waals surface area contributed by atoms with Crippen LogP contribution in [0.3, 0.4) is 0 Å². The third-order valence-electron chi connectivity index (χ3n) is 8.16. The van der Waals surface area contributed by atoms with Crippen LogP contribution in [-0.4, -0.2) is 50.3 Å². The van der Waals surface area contributed by atoms with Crippen molar-refractivity contribution in [2.24, 2.45) is 0 Å². The summed E-state index contributed by atoms with van der Waals surface area (Å²) in [6.45, 7) is 13.1. The van der Waals surface area contributed by atoms with Gasteiger partial charge in [0.05, 0.1) is 31.3 Å². The van der Waals surface area contributed by atoms with Crippen LogP contribution in [0, 0.1) is 11.3 Å². The van der Waals surface area contributed by atoms with Crippen molar-refractivity contribution in [3.05, 3.63) is 133 Å². The Balaban J connectivity index is 0.000000646. The molecule has 1 saturated heterocycles. The van der Waals surface area contributed by atoms with Gasteiger partial charge < -0.3 is 14.4 Å². The molecule has 5 nitrogen and oxygen atoms in total. The molecule has 0 atom stereocenters. The van der Waals surface area contributed by atoms with E-state index in [0.29, 0.717) is 26.2 Å². The average molecular weight is 579 g/mol. The zero-order valence-electron chi connectivity index (χ0n) is 25.6. The number of likely N-dealkylation sites (tertiary alicyclic amines) is 1. The standard InChI is InChI=1S/C32H36N2O2.C6H10O/c1-2-3-25-36-30(35)31(27-13-7-4-8-14-27)19-22-34(23-20-31)24-21-32(26-33,28-15-9-5-10-16-28)29-17-11-6-12-18-29;1-3-5-7-6-4-2/h4-18H,2-3,19-25H2,1H3;3-4H,1-2,5-6H2. The molecule has 226 valence electrons. The lowest BCUT2D eigenvalue weighted by Crippen LogP contribution is -2.49. The smallest absolute Gasteiger partial charge is 0.316 e. The molecule has 3 aromatic carbocycles. The summed E-state index contributed by atoms with van der Waals surface area (Å²) in [4.78, 5) is 15.8. The van der Waals surface area contributed by atoms with Crippen LogP contribution in [0.25, 0.3) is 0 Å². The maximum Gasteiger partial charge on any atom is 0.316 e. The maximum atomic E-state index is 13.4. The molecule has 0 saturated carbocycles. The Bertz CT molecular complexity index is 1230. The molecule has 1 aliphatic rings. The van der Waals surface area contributed by atoms with E-state index in [0.717, 1.165) is 62.0 Å². The van der Waals surface area contributed by atoms with Gasteiger partial charge >= 0.3 is 5.97 Å². The van der Waals surface area contributed by atoms with Gasteiger partial charge in [0.1, 0.15) is 5.41 Å². The van der Waals surface area contributed by atoms with Gasteiger partial charge in [-0.3, -0.25) is 4.79 Å². The third-order valence-corrected chi connectivity index (χ3v) is 8.16. The lowest BCUT2D eigenvalue weighted by molar-refractivity contribution is -0.153. The fraction of sp³-hybridized carbons (Fsp3) is 0.368. The summed E-state index contributed by atoms with van der Waals surface area (Å²) in [6.07, 6.45) is 7.45. The number of ether oxygens (including phenoxy) is 2. The van der Waals surface area contributed by atoms with E-state index in [1.165, 1.54) is 0 Å². The Hall–Kier alpha value is -3.98. The predicted octanol–water partition coefficient (Wildman–Crippen LogP) is 7.64. The highest BCUT2D eigenvalue weighted by atomic mass is 16.5. The molecule has 0 bridgehead atoms. The summed E-state index contributed by atoms with van der Waals surface area (Å²) in [5, 5.41) is 10.5. The van der Waals surface area contributed by atoms with Gasteiger partial charge in [0.15, 0.2) is 0 Å². The van der Waals surface area contributed by atoms with Gasteiger partial charge in [-0.25, -0.2) is 0 Å². The quantitative estimate of drug-likeness (QED) is 0.112. The van der Waals surface area contributed by atoms with Gasteiger partial charge in [0, 0.05) is 6.54 Å². The number of carbonyl (C=O) groups is 1. The number of nitriles is 1. The Kier molecular flexibility index (Phi) is 13.9. The largest absolute Gasteiger partial charge is 0.465 e. The highest BCUT2D eigenvalue weighted by Crippen LogP contribution is 2.39. The SMILES string of the molecule is C=CCOCC=C.CCCCOC(=O)C1(c2ccccc2)CCN(CCC(C#N)(c2ccccc2)c2ccccc2)CC1. The van der Waals surface area contributed by atoms with Crippen molar-refractivity contribution in [2.75, 3.05) is 39.5 Å². The fourth-order valence-corrected chi connectivity index (χ4v) is 5.62. The van der Waals surface area contributed by atoms with E-state index in [2.05, 4.69) is 67.4 Å². The van der Waals surface area contributed by atoms with E-state index in [1.807, 2.05) is 54.6 Å². The van der Waals surface area contributed by atoms with Crippen LogP contribution in [-0.2, 0) is 25.1 Å². The summed E-state index contributed by atoms with van der Waals surface area (Å²) < 4.78 is 10.7. The van der Waals surface area contributed by atoms with E-state index < -0.39 is 10.8 Å². The summed E-state index contributed by atoms with van der Waals surface area (Å²) in [6, 6.07) is 33.0. The molecule has 43 heavy (non-hydrogen) atoms. The molecule has 1 heterocycles. The van der Waals surface area contributed by atoms with E-state index in [4.69, 9.17) is 9.47 Å². The van der Waals surface area contributed by atoms with Crippen molar-refractivity contribution in [3.8, 4) is 6.07 Å². The van der Waals surface area contributed by atoms with E-state index in [9.17, 15) is 10.1 Å². The number of hydrogen-bond acceptors (Lipinski definition) is 5. The zero-order valence-corrected chi connectivity index (χ0v) is 25.6. The van der Waals surface area contributed by atoms with E-state index in [1.54, 1.807) is 12.2 Å². The minimum Gasteiger partial charge on any atom is -0.465 e. The van der Waals surface area contributed by atoms with Crippen LogP contribution >= 0.6 is 0 Å². The highest BCUT2D eigenvalue weighted by Gasteiger charge is 2.44. The minimum atomic E-state index is -0.713. The number of esters is 1. The number of piperidine rings is 1. The third kappa shape index (κ3) is 9.00. The Labute approximate surface area is 258 Å². The van der Waals surface area contributed by atoms with Gasteiger partial charge in [-0.05, 0) is 55.5 Å². The predicted molar refractivity (Wildman–Crippen MR) is 175 cm³/mol. The molecule has 0 amide bonds. The first-order valence-electron chi connectivity index (χ1n) is 15.3. The monoisotopic (exact) mass is 578 g/mol. The van der Waals surface area contributed by atoms with Gasteiger partial charge in [-0.15, -0.1) is 13.2 Å². The van der Waals surface area contributed by atoms with Crippen LogP contribution in [0.5, 0.6) is 0 Å². The molecule has 0 radical (unpaired) electrons. The summed E-state index contributed by atoms with van der Waals surface area (Å²) in [7, 11) is 0. The molecular weight excluding hydrogens is 532 g/mol. The van der Waals surface area contributed by atoms with Crippen LogP contribution in [0.15, 0.2) is 116 Å². The fourth-order valence-electron chi connectivity index (χ4n) is 5.62. The van der Waals surface area contributed by atoms with Gasteiger partial charge in [-0.2, -0.15) is 5.26 Å². The molecule has 0 unspecified atom stereocenters. The topological polar surface area (TPSA) is 62.6 Å². The molecule has 1 aliphatic heterocycles. The van der Waals surface area contributed by atoms with Crippen LogP contribution in [0.4, 0.5) is 0 Å². The molecular formula is C38H46N2O3. The van der Waals surface area contributed by atoms with Crippen molar-refractivity contribution in [2.45, 2.75) is 49.9 Å². The molecule has 0 aromatic heterocycles. The molecule has 0 spiro atoms. The van der Waals surface area contributed by atoms with Crippen molar-refractivity contribution in [1.82, 2.24) is 4.90 Å². The second-order valence-electron chi connectivity index (χ2n) is 10.9. The number of nitrogens with zero attached hydrogens (tertiary/aromatic N) is 2. The molecule has 0 N–H and O–H groups in total. The minimum absolute atomic E-state index is 0.0956. The summed E-state index contributed by atoms with van der Waals surface area (Å²) in [5.74, 6) is -0.0956. The lowest BCUT2D eigenvalue weighted by Gasteiger charge is -2.41. The lowest BCUT2D eigenvalue weighted by atomic mass is 9.71. The number of carbonyl (C=O) groups excluding carboxylic acids is 1. The highest BCUT2D eigenvalue weighted by molar-refractivity contribution is 5.83. The number of unbranched alkanes of at least 4 members (excludes halogenated alkanes) is 1. The van der Waals surface area contributed by atoms with Gasteiger partial charge in [0.25, 0.3) is 0 Å². The van der Waals surface area contributed by atoms with Gasteiger partial charge in [0.2, 0.25) is 0 Å². The van der Waals surface area contributed by atoms with Crippen molar-refractivity contribution >= 4 is 5.97 Å². The molecule has 3 aromatic rings. The first-order valence-corrected chi connectivity index (χ1v) is 15.3. The van der Waals surface area contributed by atoms with E-state index >= 15 is 0 Å². The maximum absolute atomic E-state index is 13.4. The first kappa shape index (κ1) is 33.5. The average Bonchev–Trinajstić information content (AvgIpc) is 3.07. The molecule has 1 fully saturated rings.